The Morgan fingerprint density at radius 2 is 2.07 bits per heavy atom. The van der Waals surface area contributed by atoms with Gasteiger partial charge in [0.2, 0.25) is 0 Å². The van der Waals surface area contributed by atoms with Crippen molar-refractivity contribution in [1.29, 1.82) is 0 Å². The lowest BCUT2D eigenvalue weighted by Gasteiger charge is -2.17. The van der Waals surface area contributed by atoms with Crippen LogP contribution in [0.5, 0.6) is 0 Å². The molecule has 5 heteroatoms. The fraction of sp³-hybridized carbons (Fsp3) is 0.778. The standard InChI is InChI=1S/C9H16N4O/c10-7-5-3-1-2-4-6(7)8-11-9(14)13-12-8/h6-7H,1-5,10H2,(H2,11,12,13,14). The van der Waals surface area contributed by atoms with E-state index in [2.05, 4.69) is 15.2 Å². The van der Waals surface area contributed by atoms with Crippen LogP contribution in [0.15, 0.2) is 4.79 Å². The Bertz CT molecular complexity index is 343. The zero-order valence-electron chi connectivity index (χ0n) is 8.12. The van der Waals surface area contributed by atoms with Gasteiger partial charge < -0.3 is 5.73 Å². The fourth-order valence-corrected chi connectivity index (χ4v) is 2.13. The van der Waals surface area contributed by atoms with E-state index in [0.717, 1.165) is 18.7 Å². The van der Waals surface area contributed by atoms with Gasteiger partial charge in [-0.2, -0.15) is 5.10 Å². The molecule has 0 aromatic carbocycles. The number of H-pyrrole nitrogens is 2. The Kier molecular flexibility index (Phi) is 2.67. The van der Waals surface area contributed by atoms with Crippen molar-refractivity contribution >= 4 is 0 Å². The number of nitrogens with zero attached hydrogens (tertiary/aromatic N) is 1. The Morgan fingerprint density at radius 1 is 1.29 bits per heavy atom. The summed E-state index contributed by atoms with van der Waals surface area (Å²) in [6, 6.07) is 0.136. The number of nitrogens with two attached hydrogens (primary N) is 1. The molecule has 0 aliphatic heterocycles. The summed E-state index contributed by atoms with van der Waals surface area (Å²) in [6.45, 7) is 0. The third-order valence-corrected chi connectivity index (χ3v) is 2.94. The summed E-state index contributed by atoms with van der Waals surface area (Å²) in [7, 11) is 0. The molecule has 0 amide bonds. The summed E-state index contributed by atoms with van der Waals surface area (Å²) in [6.07, 6.45) is 5.65. The first-order valence-corrected chi connectivity index (χ1v) is 5.17. The van der Waals surface area contributed by atoms with Crippen molar-refractivity contribution in [1.82, 2.24) is 15.2 Å². The average molecular weight is 196 g/mol. The molecule has 78 valence electrons. The molecule has 1 aliphatic rings. The lowest BCUT2D eigenvalue weighted by molar-refractivity contribution is 0.485. The first-order valence-electron chi connectivity index (χ1n) is 5.17. The van der Waals surface area contributed by atoms with Gasteiger partial charge in [-0.3, -0.25) is 4.98 Å². The minimum atomic E-state index is -0.239. The third kappa shape index (κ3) is 1.87. The van der Waals surface area contributed by atoms with Crippen molar-refractivity contribution in [3.05, 3.63) is 16.3 Å². The molecule has 0 bridgehead atoms. The van der Waals surface area contributed by atoms with Crippen LogP contribution in [0.2, 0.25) is 0 Å². The maximum Gasteiger partial charge on any atom is 0.340 e. The number of aromatic amines is 2. The Hall–Kier alpha value is -1.10. The Labute approximate surface area is 82.1 Å². The molecule has 1 saturated carbocycles. The molecule has 2 unspecified atom stereocenters. The highest BCUT2D eigenvalue weighted by atomic mass is 16.1. The summed E-state index contributed by atoms with van der Waals surface area (Å²) in [5.74, 6) is 0.945. The summed E-state index contributed by atoms with van der Waals surface area (Å²) in [5, 5.41) is 6.35. The summed E-state index contributed by atoms with van der Waals surface area (Å²) < 4.78 is 0. The van der Waals surface area contributed by atoms with E-state index in [1.807, 2.05) is 0 Å². The van der Waals surface area contributed by atoms with Gasteiger partial charge in [0.1, 0.15) is 5.82 Å². The Morgan fingerprint density at radius 3 is 2.79 bits per heavy atom. The van der Waals surface area contributed by atoms with Gasteiger partial charge in [-0.15, -0.1) is 0 Å². The highest BCUT2D eigenvalue weighted by molar-refractivity contribution is 4.99. The second-order valence-corrected chi connectivity index (χ2v) is 3.97. The van der Waals surface area contributed by atoms with Crippen LogP contribution in [0.3, 0.4) is 0 Å². The van der Waals surface area contributed by atoms with E-state index in [0.29, 0.717) is 0 Å². The van der Waals surface area contributed by atoms with Crippen LogP contribution in [0.4, 0.5) is 0 Å². The quantitative estimate of drug-likeness (QED) is 0.571. The minimum Gasteiger partial charge on any atom is -0.327 e. The summed E-state index contributed by atoms with van der Waals surface area (Å²) >= 11 is 0. The van der Waals surface area contributed by atoms with Crippen molar-refractivity contribution in [2.45, 2.75) is 44.1 Å². The number of aromatic nitrogens is 3. The summed E-state index contributed by atoms with van der Waals surface area (Å²) in [5.41, 5.74) is 5.80. The molecule has 5 nitrogen and oxygen atoms in total. The highest BCUT2D eigenvalue weighted by Gasteiger charge is 2.24. The average Bonchev–Trinajstić information content (AvgIpc) is 2.46. The van der Waals surface area contributed by atoms with Crippen molar-refractivity contribution in [2.75, 3.05) is 0 Å². The van der Waals surface area contributed by atoms with Crippen LogP contribution < -0.4 is 11.4 Å². The van der Waals surface area contributed by atoms with Crippen LogP contribution in [-0.4, -0.2) is 21.2 Å². The lowest BCUT2D eigenvalue weighted by Crippen LogP contribution is -2.28. The Balaban J connectivity index is 2.18. The number of hydrogen-bond acceptors (Lipinski definition) is 3. The van der Waals surface area contributed by atoms with Gasteiger partial charge in [-0.1, -0.05) is 19.3 Å². The van der Waals surface area contributed by atoms with E-state index < -0.39 is 0 Å². The van der Waals surface area contributed by atoms with Crippen LogP contribution in [0, 0.1) is 0 Å². The molecule has 0 spiro atoms. The van der Waals surface area contributed by atoms with E-state index >= 15 is 0 Å². The van der Waals surface area contributed by atoms with Gasteiger partial charge >= 0.3 is 5.69 Å². The minimum absolute atomic E-state index is 0.136. The highest BCUT2D eigenvalue weighted by Crippen LogP contribution is 2.27. The van der Waals surface area contributed by atoms with E-state index in [9.17, 15) is 4.79 Å². The maximum absolute atomic E-state index is 10.9. The molecule has 4 N–H and O–H groups in total. The first kappa shape index (κ1) is 9.45. The third-order valence-electron chi connectivity index (χ3n) is 2.94. The smallest absolute Gasteiger partial charge is 0.327 e. The van der Waals surface area contributed by atoms with E-state index in [1.165, 1.54) is 19.3 Å². The normalized spacial score (nSPS) is 28.6. The van der Waals surface area contributed by atoms with Crippen molar-refractivity contribution < 1.29 is 0 Å². The maximum atomic E-state index is 10.9. The van der Waals surface area contributed by atoms with Gasteiger partial charge in [0.25, 0.3) is 0 Å². The number of rotatable bonds is 1. The van der Waals surface area contributed by atoms with E-state index in [1.54, 1.807) is 0 Å². The van der Waals surface area contributed by atoms with Crippen LogP contribution >= 0.6 is 0 Å². The van der Waals surface area contributed by atoms with E-state index in [4.69, 9.17) is 5.73 Å². The zero-order valence-corrected chi connectivity index (χ0v) is 8.12. The van der Waals surface area contributed by atoms with Crippen LogP contribution in [0.25, 0.3) is 0 Å². The fourth-order valence-electron chi connectivity index (χ4n) is 2.13. The van der Waals surface area contributed by atoms with Gasteiger partial charge in [0, 0.05) is 12.0 Å². The molecule has 1 aromatic rings. The second-order valence-electron chi connectivity index (χ2n) is 3.97. The molecule has 2 atom stereocenters. The molecule has 1 aliphatic carbocycles. The molecule has 0 saturated heterocycles. The SMILES string of the molecule is NC1CCCCCC1c1n[nH]c(=O)[nH]1. The molecular weight excluding hydrogens is 180 g/mol. The molecule has 14 heavy (non-hydrogen) atoms. The predicted molar refractivity (Wildman–Crippen MR) is 53.0 cm³/mol. The van der Waals surface area contributed by atoms with E-state index in [-0.39, 0.29) is 17.6 Å². The molecule has 2 rings (SSSR count). The molecular formula is C9H16N4O. The van der Waals surface area contributed by atoms with Gasteiger partial charge in [-0.05, 0) is 12.8 Å². The van der Waals surface area contributed by atoms with Crippen molar-refractivity contribution in [3.8, 4) is 0 Å². The summed E-state index contributed by atoms with van der Waals surface area (Å²) in [4.78, 5) is 13.6. The largest absolute Gasteiger partial charge is 0.340 e. The lowest BCUT2D eigenvalue weighted by atomic mass is 9.95. The van der Waals surface area contributed by atoms with Crippen LogP contribution in [-0.2, 0) is 0 Å². The van der Waals surface area contributed by atoms with Gasteiger partial charge in [0.05, 0.1) is 0 Å². The molecule has 0 radical (unpaired) electrons. The van der Waals surface area contributed by atoms with Crippen LogP contribution in [0.1, 0.15) is 43.8 Å². The van der Waals surface area contributed by atoms with Crippen molar-refractivity contribution in [3.63, 3.8) is 0 Å². The predicted octanol–water partition coefficient (Wildman–Crippen LogP) is 0.473. The van der Waals surface area contributed by atoms with Gasteiger partial charge in [-0.25, -0.2) is 9.89 Å². The first-order chi connectivity index (χ1) is 6.77. The zero-order chi connectivity index (χ0) is 9.97. The van der Waals surface area contributed by atoms with Gasteiger partial charge in [0.15, 0.2) is 0 Å². The topological polar surface area (TPSA) is 87.6 Å². The second kappa shape index (κ2) is 3.96. The molecule has 1 heterocycles. The van der Waals surface area contributed by atoms with Crippen molar-refractivity contribution in [2.24, 2.45) is 5.73 Å². The monoisotopic (exact) mass is 196 g/mol. The molecule has 1 fully saturated rings. The number of hydrogen-bond donors (Lipinski definition) is 3. The number of nitrogens with one attached hydrogen (secondary N) is 2. The molecule has 1 aromatic heterocycles.